The second-order valence-corrected chi connectivity index (χ2v) is 4.63. The van der Waals surface area contributed by atoms with E-state index in [2.05, 4.69) is 5.32 Å². The van der Waals surface area contributed by atoms with Crippen LogP contribution in [0, 0.1) is 0 Å². The Morgan fingerprint density at radius 2 is 2.26 bits per heavy atom. The normalized spacial score (nSPS) is 14.1. The summed E-state index contributed by atoms with van der Waals surface area (Å²) in [7, 11) is 0. The maximum atomic E-state index is 12.0. The van der Waals surface area contributed by atoms with Gasteiger partial charge in [-0.05, 0) is 25.0 Å². The predicted octanol–water partition coefficient (Wildman–Crippen LogP) is 1.47. The van der Waals surface area contributed by atoms with Crippen LogP contribution < -0.4 is 5.32 Å². The van der Waals surface area contributed by atoms with Crippen LogP contribution in [0.25, 0.3) is 0 Å². The summed E-state index contributed by atoms with van der Waals surface area (Å²) in [5.74, 6) is -0.0576. The number of aliphatic carboxylic acids is 1. The van der Waals surface area contributed by atoms with Crippen LogP contribution in [0.2, 0.25) is 0 Å². The fourth-order valence-electron chi connectivity index (χ4n) is 1.90. The van der Waals surface area contributed by atoms with E-state index >= 15 is 0 Å². The third-order valence-corrected chi connectivity index (χ3v) is 3.04. The largest absolute Gasteiger partial charge is 0.481 e. The number of rotatable bonds is 7. The van der Waals surface area contributed by atoms with Gasteiger partial charge in [-0.1, -0.05) is 0 Å². The van der Waals surface area contributed by atoms with E-state index < -0.39 is 5.97 Å². The number of urea groups is 1. The van der Waals surface area contributed by atoms with E-state index in [1.165, 1.54) is 0 Å². The first kappa shape index (κ1) is 13.5. The molecule has 2 N–H and O–H groups in total. The average Bonchev–Trinajstić information content (AvgIpc) is 3.06. The maximum Gasteiger partial charge on any atom is 0.317 e. The maximum absolute atomic E-state index is 12.0. The number of furan rings is 1. The predicted molar refractivity (Wildman–Crippen MR) is 67.8 cm³/mol. The molecule has 2 rings (SSSR count). The summed E-state index contributed by atoms with van der Waals surface area (Å²) in [5.41, 5.74) is 0. The summed E-state index contributed by atoms with van der Waals surface area (Å²) in [6.45, 7) is 0.759. The van der Waals surface area contributed by atoms with Gasteiger partial charge in [0.05, 0.1) is 12.7 Å². The molecule has 0 bridgehead atoms. The van der Waals surface area contributed by atoms with Crippen molar-refractivity contribution in [3.05, 3.63) is 24.2 Å². The number of hydrogen-bond acceptors (Lipinski definition) is 3. The van der Waals surface area contributed by atoms with Crippen molar-refractivity contribution in [2.45, 2.75) is 31.7 Å². The number of carboxylic acids is 1. The molecule has 1 aromatic heterocycles. The molecule has 0 saturated heterocycles. The Balaban J connectivity index is 1.74. The van der Waals surface area contributed by atoms with Gasteiger partial charge in [-0.15, -0.1) is 0 Å². The van der Waals surface area contributed by atoms with Crippen LogP contribution in [0.15, 0.2) is 22.8 Å². The Labute approximate surface area is 111 Å². The number of hydrogen-bond donors (Lipinski definition) is 2. The molecular formula is C13H18N2O4. The van der Waals surface area contributed by atoms with Crippen molar-refractivity contribution in [2.75, 3.05) is 13.1 Å². The molecule has 2 amide bonds. The van der Waals surface area contributed by atoms with Crippen LogP contribution >= 0.6 is 0 Å². The van der Waals surface area contributed by atoms with Crippen molar-refractivity contribution < 1.29 is 19.1 Å². The zero-order chi connectivity index (χ0) is 13.7. The highest BCUT2D eigenvalue weighted by Gasteiger charge is 2.32. The number of carbonyl (C=O) groups excluding carboxylic acids is 1. The van der Waals surface area contributed by atoms with Crippen molar-refractivity contribution in [3.63, 3.8) is 0 Å². The van der Waals surface area contributed by atoms with Gasteiger partial charge in [0.15, 0.2) is 0 Å². The van der Waals surface area contributed by atoms with Crippen LogP contribution in [0.4, 0.5) is 4.79 Å². The van der Waals surface area contributed by atoms with Gasteiger partial charge in [0, 0.05) is 25.6 Å². The van der Waals surface area contributed by atoms with Crippen molar-refractivity contribution in [1.82, 2.24) is 10.2 Å². The summed E-state index contributed by atoms with van der Waals surface area (Å²) in [6.07, 6.45) is 4.15. The molecule has 0 aliphatic heterocycles. The third kappa shape index (κ3) is 4.31. The lowest BCUT2D eigenvalue weighted by Gasteiger charge is -2.21. The topological polar surface area (TPSA) is 82.8 Å². The van der Waals surface area contributed by atoms with Crippen molar-refractivity contribution in [3.8, 4) is 0 Å². The third-order valence-electron chi connectivity index (χ3n) is 3.04. The Kier molecular flexibility index (Phi) is 4.43. The number of amides is 2. The van der Waals surface area contributed by atoms with Crippen LogP contribution in [-0.4, -0.2) is 41.1 Å². The van der Waals surface area contributed by atoms with Crippen LogP contribution in [-0.2, 0) is 11.2 Å². The van der Waals surface area contributed by atoms with Gasteiger partial charge in [-0.2, -0.15) is 0 Å². The number of carbonyl (C=O) groups is 2. The monoisotopic (exact) mass is 266 g/mol. The number of carboxylic acid groups (broad SMARTS) is 1. The highest BCUT2D eigenvalue weighted by Crippen LogP contribution is 2.26. The Morgan fingerprint density at radius 3 is 2.84 bits per heavy atom. The molecule has 1 aliphatic rings. The first-order valence-electron chi connectivity index (χ1n) is 6.45. The van der Waals surface area contributed by atoms with Crippen LogP contribution in [0.5, 0.6) is 0 Å². The second kappa shape index (κ2) is 6.26. The van der Waals surface area contributed by atoms with Crippen LogP contribution in [0.1, 0.15) is 25.0 Å². The summed E-state index contributed by atoms with van der Waals surface area (Å²) in [4.78, 5) is 24.1. The SMILES string of the molecule is O=C(O)CCN(C(=O)NCCc1ccco1)C1CC1. The first-order chi connectivity index (χ1) is 9.16. The van der Waals surface area contributed by atoms with E-state index in [4.69, 9.17) is 9.52 Å². The van der Waals surface area contributed by atoms with Gasteiger partial charge in [-0.25, -0.2) is 4.79 Å². The van der Waals surface area contributed by atoms with Crippen molar-refractivity contribution in [2.24, 2.45) is 0 Å². The number of nitrogens with one attached hydrogen (secondary N) is 1. The fourth-order valence-corrected chi connectivity index (χ4v) is 1.90. The van der Waals surface area contributed by atoms with E-state index in [0.717, 1.165) is 18.6 Å². The minimum Gasteiger partial charge on any atom is -0.481 e. The quantitative estimate of drug-likeness (QED) is 0.783. The molecule has 1 heterocycles. The molecule has 0 spiro atoms. The second-order valence-electron chi connectivity index (χ2n) is 4.63. The first-order valence-corrected chi connectivity index (χ1v) is 6.45. The van der Waals surface area contributed by atoms with Gasteiger partial charge in [-0.3, -0.25) is 4.79 Å². The van der Waals surface area contributed by atoms with Gasteiger partial charge >= 0.3 is 12.0 Å². The summed E-state index contributed by atoms with van der Waals surface area (Å²) in [5, 5.41) is 11.5. The fraction of sp³-hybridized carbons (Fsp3) is 0.538. The van der Waals surface area contributed by atoms with E-state index in [1.54, 1.807) is 17.2 Å². The molecule has 6 nitrogen and oxygen atoms in total. The van der Waals surface area contributed by atoms with Gasteiger partial charge in [0.1, 0.15) is 5.76 Å². The van der Waals surface area contributed by atoms with Gasteiger partial charge in [0.2, 0.25) is 0 Å². The molecule has 0 atom stereocenters. The minimum absolute atomic E-state index is 0.0118. The van der Waals surface area contributed by atoms with Crippen LogP contribution in [0.3, 0.4) is 0 Å². The summed E-state index contributed by atoms with van der Waals surface area (Å²) in [6, 6.07) is 3.69. The highest BCUT2D eigenvalue weighted by atomic mass is 16.4. The Hall–Kier alpha value is -1.98. The molecule has 0 radical (unpaired) electrons. The van der Waals surface area contributed by atoms with Gasteiger partial charge < -0.3 is 19.7 Å². The molecule has 1 aliphatic carbocycles. The summed E-state index contributed by atoms with van der Waals surface area (Å²) < 4.78 is 5.17. The smallest absolute Gasteiger partial charge is 0.317 e. The molecule has 1 aromatic rings. The van der Waals surface area contributed by atoms with E-state index in [0.29, 0.717) is 13.0 Å². The molecule has 19 heavy (non-hydrogen) atoms. The van der Waals surface area contributed by atoms with Crippen molar-refractivity contribution in [1.29, 1.82) is 0 Å². The van der Waals surface area contributed by atoms with E-state index in [1.807, 2.05) is 6.07 Å². The van der Waals surface area contributed by atoms with E-state index in [9.17, 15) is 9.59 Å². The highest BCUT2D eigenvalue weighted by molar-refractivity contribution is 5.76. The van der Waals surface area contributed by atoms with Gasteiger partial charge in [0.25, 0.3) is 0 Å². The summed E-state index contributed by atoms with van der Waals surface area (Å²) >= 11 is 0. The zero-order valence-electron chi connectivity index (χ0n) is 10.7. The molecule has 104 valence electrons. The standard InChI is InChI=1S/C13H18N2O4/c16-12(17)6-8-15(10-3-4-10)13(18)14-7-5-11-2-1-9-19-11/h1-2,9-10H,3-8H2,(H,14,18)(H,16,17). The molecule has 1 fully saturated rings. The zero-order valence-corrected chi connectivity index (χ0v) is 10.7. The number of nitrogens with zero attached hydrogens (tertiary/aromatic N) is 1. The lowest BCUT2D eigenvalue weighted by atomic mass is 10.3. The lowest BCUT2D eigenvalue weighted by molar-refractivity contribution is -0.137. The molecule has 1 saturated carbocycles. The van der Waals surface area contributed by atoms with E-state index in [-0.39, 0.29) is 25.0 Å². The molecular weight excluding hydrogens is 248 g/mol. The Bertz CT molecular complexity index is 426. The lowest BCUT2D eigenvalue weighted by Crippen LogP contribution is -2.43. The Morgan fingerprint density at radius 1 is 1.47 bits per heavy atom. The molecule has 0 unspecified atom stereocenters. The molecule has 6 heteroatoms. The molecule has 0 aromatic carbocycles. The average molecular weight is 266 g/mol. The van der Waals surface area contributed by atoms with Crippen molar-refractivity contribution >= 4 is 12.0 Å². The minimum atomic E-state index is -0.881.